The van der Waals surface area contributed by atoms with Crippen LogP contribution < -0.4 is 15.8 Å². The molecule has 1 aromatic heterocycles. The molecule has 3 rings (SSSR count). The second kappa shape index (κ2) is 6.45. The minimum Gasteiger partial charge on any atom is -0.497 e. The number of methoxy groups -OCH3 is 1. The van der Waals surface area contributed by atoms with Crippen molar-refractivity contribution in [2.45, 2.75) is 6.54 Å². The molecule has 0 saturated carbocycles. The van der Waals surface area contributed by atoms with Gasteiger partial charge in [-0.15, -0.1) is 0 Å². The van der Waals surface area contributed by atoms with Gasteiger partial charge in [0.25, 0.3) is 5.91 Å². The van der Waals surface area contributed by atoms with Crippen molar-refractivity contribution in [3.63, 3.8) is 0 Å². The van der Waals surface area contributed by atoms with Gasteiger partial charge in [0.1, 0.15) is 11.4 Å². The fourth-order valence-corrected chi connectivity index (χ4v) is 2.47. The first-order valence-corrected chi connectivity index (χ1v) is 7.40. The lowest BCUT2D eigenvalue weighted by Crippen LogP contribution is -2.23. The Kier molecular flexibility index (Phi) is 4.20. The molecule has 4 N–H and O–H groups in total. The van der Waals surface area contributed by atoms with Crippen molar-refractivity contribution in [3.05, 3.63) is 65.4 Å². The summed E-state index contributed by atoms with van der Waals surface area (Å²) in [5, 5.41) is 3.74. The van der Waals surface area contributed by atoms with Crippen molar-refractivity contribution in [3.8, 4) is 5.75 Å². The molecule has 122 valence electrons. The van der Waals surface area contributed by atoms with E-state index in [1.54, 1.807) is 31.4 Å². The van der Waals surface area contributed by atoms with Crippen LogP contribution in [0.4, 0.5) is 0 Å². The van der Waals surface area contributed by atoms with E-state index in [1.807, 2.05) is 24.3 Å². The van der Waals surface area contributed by atoms with Gasteiger partial charge in [0.2, 0.25) is 5.91 Å². The number of fused-ring (bicyclic) bond motifs is 1. The van der Waals surface area contributed by atoms with Gasteiger partial charge >= 0.3 is 0 Å². The molecule has 6 heteroatoms. The molecule has 0 atom stereocenters. The number of amides is 2. The summed E-state index contributed by atoms with van der Waals surface area (Å²) >= 11 is 0. The summed E-state index contributed by atoms with van der Waals surface area (Å²) in [6.07, 6.45) is 0. The molecular formula is C18H17N3O3. The molecule has 1 heterocycles. The Hall–Kier alpha value is -3.28. The van der Waals surface area contributed by atoms with E-state index in [-0.39, 0.29) is 5.91 Å². The summed E-state index contributed by atoms with van der Waals surface area (Å²) in [6.45, 7) is 0.304. The van der Waals surface area contributed by atoms with E-state index in [0.717, 1.165) is 22.2 Å². The minimum atomic E-state index is -0.493. The van der Waals surface area contributed by atoms with Crippen molar-refractivity contribution in [1.82, 2.24) is 10.3 Å². The number of H-pyrrole nitrogens is 1. The maximum Gasteiger partial charge on any atom is 0.267 e. The average molecular weight is 323 g/mol. The summed E-state index contributed by atoms with van der Waals surface area (Å²) in [4.78, 5) is 26.5. The van der Waals surface area contributed by atoms with Crippen LogP contribution in [0.2, 0.25) is 0 Å². The molecule has 0 aliphatic rings. The van der Waals surface area contributed by atoms with Crippen molar-refractivity contribution in [2.24, 2.45) is 5.73 Å². The van der Waals surface area contributed by atoms with Gasteiger partial charge in [-0.05, 0) is 35.9 Å². The number of aromatic nitrogens is 1. The van der Waals surface area contributed by atoms with Crippen LogP contribution >= 0.6 is 0 Å². The predicted molar refractivity (Wildman–Crippen MR) is 91.0 cm³/mol. The van der Waals surface area contributed by atoms with Gasteiger partial charge < -0.3 is 20.8 Å². The first kappa shape index (κ1) is 15.6. The summed E-state index contributed by atoms with van der Waals surface area (Å²) in [5.41, 5.74) is 7.77. The highest BCUT2D eigenvalue weighted by molar-refractivity contribution is 5.98. The number of benzene rings is 2. The van der Waals surface area contributed by atoms with Gasteiger partial charge in [-0.1, -0.05) is 12.1 Å². The quantitative estimate of drug-likeness (QED) is 0.671. The molecule has 24 heavy (non-hydrogen) atoms. The topological polar surface area (TPSA) is 97.2 Å². The van der Waals surface area contributed by atoms with Crippen LogP contribution in [0, 0.1) is 0 Å². The van der Waals surface area contributed by atoms with Crippen LogP contribution in [0.5, 0.6) is 5.75 Å². The zero-order chi connectivity index (χ0) is 17.1. The zero-order valence-corrected chi connectivity index (χ0v) is 13.1. The molecule has 0 saturated heterocycles. The Labute approximate surface area is 138 Å². The molecule has 0 radical (unpaired) electrons. The maximum atomic E-state index is 12.3. The van der Waals surface area contributed by atoms with Crippen LogP contribution in [0.1, 0.15) is 26.4 Å². The van der Waals surface area contributed by atoms with Gasteiger partial charge in [-0.25, -0.2) is 0 Å². The third-order valence-electron chi connectivity index (χ3n) is 3.74. The van der Waals surface area contributed by atoms with Crippen molar-refractivity contribution >= 4 is 22.7 Å². The number of rotatable bonds is 5. The number of hydrogen-bond donors (Lipinski definition) is 3. The van der Waals surface area contributed by atoms with E-state index in [0.29, 0.717) is 17.8 Å². The van der Waals surface area contributed by atoms with Crippen LogP contribution in [0.25, 0.3) is 10.9 Å². The fourth-order valence-electron chi connectivity index (χ4n) is 2.47. The van der Waals surface area contributed by atoms with Gasteiger partial charge in [0, 0.05) is 29.1 Å². The van der Waals surface area contributed by atoms with E-state index >= 15 is 0 Å². The largest absolute Gasteiger partial charge is 0.497 e. The molecular weight excluding hydrogens is 306 g/mol. The molecule has 2 amide bonds. The van der Waals surface area contributed by atoms with Crippen molar-refractivity contribution in [2.75, 3.05) is 7.11 Å². The third-order valence-corrected chi connectivity index (χ3v) is 3.74. The molecule has 0 fully saturated rings. The number of ether oxygens (including phenoxy) is 1. The normalized spacial score (nSPS) is 10.5. The number of hydrogen-bond acceptors (Lipinski definition) is 3. The molecule has 0 aliphatic heterocycles. The Bertz CT molecular complexity index is 915. The summed E-state index contributed by atoms with van der Waals surface area (Å²) in [6, 6.07) is 14.2. The number of nitrogens with one attached hydrogen (secondary N) is 2. The highest BCUT2D eigenvalue weighted by Gasteiger charge is 2.10. The Morgan fingerprint density at radius 3 is 2.75 bits per heavy atom. The third kappa shape index (κ3) is 3.22. The number of primary amides is 1. The van der Waals surface area contributed by atoms with Crippen molar-refractivity contribution < 1.29 is 14.3 Å². The summed E-state index contributed by atoms with van der Waals surface area (Å²) in [5.74, 6) is 0.00182. The highest BCUT2D eigenvalue weighted by Crippen LogP contribution is 2.21. The molecule has 2 aromatic carbocycles. The van der Waals surface area contributed by atoms with Gasteiger partial charge in [0.05, 0.1) is 7.11 Å². The first-order chi connectivity index (χ1) is 11.6. The van der Waals surface area contributed by atoms with Gasteiger partial charge in [-0.3, -0.25) is 9.59 Å². The van der Waals surface area contributed by atoms with Crippen LogP contribution in [0.15, 0.2) is 48.5 Å². The SMILES string of the molecule is COc1ccc2cc(C(=O)NCc3cccc(C(N)=O)c3)[nH]c2c1. The Balaban J connectivity index is 1.73. The molecule has 0 aliphatic carbocycles. The van der Waals surface area contributed by atoms with Crippen molar-refractivity contribution in [1.29, 1.82) is 0 Å². The van der Waals surface area contributed by atoms with Gasteiger partial charge in [0.15, 0.2) is 0 Å². The van der Waals surface area contributed by atoms with E-state index in [1.165, 1.54) is 0 Å². The Morgan fingerprint density at radius 1 is 1.17 bits per heavy atom. The molecule has 0 bridgehead atoms. The van der Waals surface area contributed by atoms with E-state index in [9.17, 15) is 9.59 Å². The number of carbonyl (C=O) groups excluding carboxylic acids is 2. The van der Waals surface area contributed by atoms with Gasteiger partial charge in [-0.2, -0.15) is 0 Å². The minimum absolute atomic E-state index is 0.227. The smallest absolute Gasteiger partial charge is 0.267 e. The summed E-state index contributed by atoms with van der Waals surface area (Å²) in [7, 11) is 1.60. The molecule has 3 aromatic rings. The van der Waals surface area contributed by atoms with E-state index < -0.39 is 5.91 Å². The van der Waals surface area contributed by atoms with Crippen LogP contribution in [0.3, 0.4) is 0 Å². The Morgan fingerprint density at radius 2 is 2.00 bits per heavy atom. The molecule has 6 nitrogen and oxygen atoms in total. The lowest BCUT2D eigenvalue weighted by atomic mass is 10.1. The zero-order valence-electron chi connectivity index (χ0n) is 13.1. The molecule has 0 unspecified atom stereocenters. The van der Waals surface area contributed by atoms with E-state index in [4.69, 9.17) is 10.5 Å². The first-order valence-electron chi connectivity index (χ1n) is 7.40. The summed E-state index contributed by atoms with van der Waals surface area (Å²) < 4.78 is 5.17. The molecule has 0 spiro atoms. The fraction of sp³-hybridized carbons (Fsp3) is 0.111. The predicted octanol–water partition coefficient (Wildman–Crippen LogP) is 2.21. The lowest BCUT2D eigenvalue weighted by Gasteiger charge is -2.05. The van der Waals surface area contributed by atoms with Crippen LogP contribution in [-0.2, 0) is 6.54 Å². The number of aromatic amines is 1. The second-order valence-corrected chi connectivity index (χ2v) is 5.38. The average Bonchev–Trinajstić information content (AvgIpc) is 3.03. The number of carbonyl (C=O) groups is 2. The second-order valence-electron chi connectivity index (χ2n) is 5.38. The van der Waals surface area contributed by atoms with E-state index in [2.05, 4.69) is 10.3 Å². The number of nitrogens with two attached hydrogens (primary N) is 1. The standard InChI is InChI=1S/C18H17N3O3/c1-24-14-6-5-12-8-16(21-15(12)9-14)18(23)20-10-11-3-2-4-13(7-11)17(19)22/h2-9,21H,10H2,1H3,(H2,19,22)(H,20,23). The van der Waals surface area contributed by atoms with Crippen LogP contribution in [-0.4, -0.2) is 23.9 Å². The maximum absolute atomic E-state index is 12.3. The monoisotopic (exact) mass is 323 g/mol. The lowest BCUT2D eigenvalue weighted by molar-refractivity contribution is 0.0946. The highest BCUT2D eigenvalue weighted by atomic mass is 16.5.